The molecule has 37 heavy (non-hydrogen) atoms. The smallest absolute Gasteiger partial charge is 0.225 e. The van der Waals surface area contributed by atoms with Crippen molar-refractivity contribution >= 4 is 28.3 Å². The van der Waals surface area contributed by atoms with Gasteiger partial charge in [-0.2, -0.15) is 9.50 Å². The highest BCUT2D eigenvalue weighted by Gasteiger charge is 2.23. The molecule has 1 saturated heterocycles. The van der Waals surface area contributed by atoms with Crippen molar-refractivity contribution in [3.05, 3.63) is 65.5 Å². The first-order valence-corrected chi connectivity index (χ1v) is 12.3. The minimum Gasteiger partial charge on any atom is -0.368 e. The molecule has 1 aromatic carbocycles. The third-order valence-corrected chi connectivity index (χ3v) is 7.23. The number of piperazine rings is 1. The van der Waals surface area contributed by atoms with Crippen LogP contribution >= 0.6 is 0 Å². The molecular weight excluding hydrogens is 476 g/mol. The average Bonchev–Trinajstić information content (AvgIpc) is 3.44. The fraction of sp³-hybridized carbons (Fsp3) is 0.308. The first-order valence-electron chi connectivity index (χ1n) is 12.3. The van der Waals surface area contributed by atoms with Gasteiger partial charge in [0.05, 0.1) is 11.1 Å². The van der Waals surface area contributed by atoms with E-state index in [-0.39, 0.29) is 5.95 Å². The summed E-state index contributed by atoms with van der Waals surface area (Å²) in [7, 11) is 0. The van der Waals surface area contributed by atoms with Crippen LogP contribution in [0.1, 0.15) is 11.3 Å². The van der Waals surface area contributed by atoms with Crippen LogP contribution in [0.5, 0.6) is 0 Å². The molecule has 1 fully saturated rings. The first kappa shape index (κ1) is 23.3. The number of nitrogen functional groups attached to an aromatic ring is 1. The molecule has 0 unspecified atom stereocenters. The number of halogens is 2. The number of rotatable bonds is 5. The lowest BCUT2D eigenvalue weighted by atomic mass is 10.2. The number of nitrogens with two attached hydrogens (primary N) is 1. The average molecular weight is 504 g/mol. The van der Waals surface area contributed by atoms with Crippen LogP contribution in [0.25, 0.3) is 28.2 Å². The molecule has 4 aromatic heterocycles. The number of benzene rings is 1. The van der Waals surface area contributed by atoms with Gasteiger partial charge in [0.15, 0.2) is 5.65 Å². The Bertz CT molecular complexity index is 1600. The summed E-state index contributed by atoms with van der Waals surface area (Å²) in [6.07, 6.45) is 1.71. The fourth-order valence-electron chi connectivity index (χ4n) is 5.09. The van der Waals surface area contributed by atoms with E-state index in [0.29, 0.717) is 35.9 Å². The van der Waals surface area contributed by atoms with Gasteiger partial charge in [-0.3, -0.25) is 9.88 Å². The Morgan fingerprint density at radius 2 is 1.76 bits per heavy atom. The first-order chi connectivity index (χ1) is 17.9. The van der Waals surface area contributed by atoms with Crippen molar-refractivity contribution in [2.45, 2.75) is 20.4 Å². The van der Waals surface area contributed by atoms with Gasteiger partial charge in [0, 0.05) is 57.2 Å². The van der Waals surface area contributed by atoms with Crippen molar-refractivity contribution in [2.24, 2.45) is 0 Å². The van der Waals surface area contributed by atoms with Crippen LogP contribution in [-0.2, 0) is 6.54 Å². The van der Waals surface area contributed by atoms with Crippen LogP contribution in [0.15, 0.2) is 42.6 Å². The Kier molecular flexibility index (Phi) is 5.71. The second-order valence-electron chi connectivity index (χ2n) is 9.34. The van der Waals surface area contributed by atoms with Crippen LogP contribution in [0, 0.1) is 25.5 Å². The van der Waals surface area contributed by atoms with Gasteiger partial charge in [-0.1, -0.05) is 6.07 Å². The molecule has 2 N–H and O–H groups in total. The van der Waals surface area contributed by atoms with Crippen LogP contribution in [0.2, 0.25) is 0 Å². The minimum absolute atomic E-state index is 0.269. The topological polar surface area (TPSA) is 93.4 Å². The maximum absolute atomic E-state index is 14.2. The molecule has 190 valence electrons. The van der Waals surface area contributed by atoms with Crippen LogP contribution in [0.4, 0.5) is 20.4 Å². The second-order valence-corrected chi connectivity index (χ2v) is 9.34. The molecule has 5 aromatic rings. The Hall–Kier alpha value is -4.12. The lowest BCUT2D eigenvalue weighted by Gasteiger charge is -2.36. The second kappa shape index (κ2) is 9.07. The molecule has 0 bridgehead atoms. The van der Waals surface area contributed by atoms with Gasteiger partial charge in [0.25, 0.3) is 0 Å². The van der Waals surface area contributed by atoms with E-state index >= 15 is 0 Å². The summed E-state index contributed by atoms with van der Waals surface area (Å²) in [4.78, 5) is 18.2. The number of aryl methyl sites for hydroxylation is 1. The van der Waals surface area contributed by atoms with Crippen molar-refractivity contribution < 1.29 is 8.78 Å². The molecule has 6 rings (SSSR count). The quantitative estimate of drug-likeness (QED) is 0.393. The molecule has 11 heteroatoms. The summed E-state index contributed by atoms with van der Waals surface area (Å²) in [5.74, 6) is -0.309. The predicted molar refractivity (Wildman–Crippen MR) is 138 cm³/mol. The molecular formula is C26H27F2N9. The van der Waals surface area contributed by atoms with Crippen molar-refractivity contribution in [3.8, 4) is 11.5 Å². The monoisotopic (exact) mass is 503 g/mol. The standard InChI is InChI=1S/C26H27F2N9/c1-16-17(2)36(14-11-34-9-12-35(13-10-34)21-7-6-18(27)15-19(21)28)24-22(16)25-31-23(20-5-3-4-8-30-20)33-37(25)26(29)32-24/h3-8,15H,9-14H2,1-2H3,(H2,29,32). The number of fused-ring (bicyclic) bond motifs is 3. The molecule has 0 atom stereocenters. The Morgan fingerprint density at radius 3 is 2.49 bits per heavy atom. The number of nitrogens with zero attached hydrogens (tertiary/aromatic N) is 8. The summed E-state index contributed by atoms with van der Waals surface area (Å²) in [5.41, 5.74) is 11.1. The van der Waals surface area contributed by atoms with E-state index in [1.165, 1.54) is 12.1 Å². The van der Waals surface area contributed by atoms with Crippen LogP contribution < -0.4 is 10.6 Å². The van der Waals surface area contributed by atoms with Gasteiger partial charge in [-0.05, 0) is 43.7 Å². The summed E-state index contributed by atoms with van der Waals surface area (Å²) in [6.45, 7) is 8.60. The zero-order valence-electron chi connectivity index (χ0n) is 20.7. The molecule has 0 spiro atoms. The van der Waals surface area contributed by atoms with E-state index in [4.69, 9.17) is 15.7 Å². The molecule has 0 aliphatic carbocycles. The van der Waals surface area contributed by atoms with Gasteiger partial charge in [-0.25, -0.2) is 13.8 Å². The largest absolute Gasteiger partial charge is 0.368 e. The molecule has 1 aliphatic heterocycles. The predicted octanol–water partition coefficient (Wildman–Crippen LogP) is 3.44. The number of hydrogen-bond donors (Lipinski definition) is 1. The molecule has 0 saturated carbocycles. The zero-order valence-corrected chi connectivity index (χ0v) is 20.7. The van der Waals surface area contributed by atoms with Crippen molar-refractivity contribution in [2.75, 3.05) is 43.4 Å². The third kappa shape index (κ3) is 4.05. The molecule has 5 heterocycles. The SMILES string of the molecule is Cc1c(C)n(CCN2CCN(c3ccc(F)cc3F)CC2)c2nc(N)n3nc(-c4ccccn4)nc3c12. The van der Waals surface area contributed by atoms with Gasteiger partial charge in [0.2, 0.25) is 11.8 Å². The number of aromatic nitrogens is 6. The highest BCUT2D eigenvalue weighted by atomic mass is 19.1. The minimum atomic E-state index is -0.560. The van der Waals surface area contributed by atoms with E-state index < -0.39 is 11.6 Å². The summed E-state index contributed by atoms with van der Waals surface area (Å²) < 4.78 is 31.3. The van der Waals surface area contributed by atoms with E-state index in [0.717, 1.165) is 54.5 Å². The number of pyridine rings is 1. The van der Waals surface area contributed by atoms with E-state index in [1.807, 2.05) is 23.1 Å². The number of anilines is 2. The van der Waals surface area contributed by atoms with E-state index in [1.54, 1.807) is 10.7 Å². The van der Waals surface area contributed by atoms with Crippen LogP contribution in [-0.4, -0.2) is 66.8 Å². The Balaban J connectivity index is 1.24. The van der Waals surface area contributed by atoms with Crippen molar-refractivity contribution in [1.82, 2.24) is 34.0 Å². The molecule has 0 amide bonds. The molecule has 0 radical (unpaired) electrons. The Labute approximate surface area is 212 Å². The maximum atomic E-state index is 14.2. The van der Waals surface area contributed by atoms with E-state index in [2.05, 4.69) is 33.4 Å². The van der Waals surface area contributed by atoms with Gasteiger partial charge in [0.1, 0.15) is 23.0 Å². The lowest BCUT2D eigenvalue weighted by molar-refractivity contribution is 0.248. The normalized spacial score (nSPS) is 14.8. The molecule has 1 aliphatic rings. The van der Waals surface area contributed by atoms with Gasteiger partial charge in [-0.15, -0.1) is 5.10 Å². The summed E-state index contributed by atoms with van der Waals surface area (Å²) >= 11 is 0. The van der Waals surface area contributed by atoms with Crippen LogP contribution in [0.3, 0.4) is 0 Å². The number of hydrogen-bond acceptors (Lipinski definition) is 7. The van der Waals surface area contributed by atoms with E-state index in [9.17, 15) is 8.78 Å². The maximum Gasteiger partial charge on any atom is 0.225 e. The van der Waals surface area contributed by atoms with Gasteiger partial charge >= 0.3 is 0 Å². The lowest BCUT2D eigenvalue weighted by Crippen LogP contribution is -2.47. The highest BCUT2D eigenvalue weighted by molar-refractivity contribution is 5.95. The Morgan fingerprint density at radius 1 is 0.946 bits per heavy atom. The fourth-order valence-corrected chi connectivity index (χ4v) is 5.09. The molecule has 9 nitrogen and oxygen atoms in total. The van der Waals surface area contributed by atoms with Crippen molar-refractivity contribution in [3.63, 3.8) is 0 Å². The highest BCUT2D eigenvalue weighted by Crippen LogP contribution is 2.30. The third-order valence-electron chi connectivity index (χ3n) is 7.23. The zero-order chi connectivity index (χ0) is 25.7. The van der Waals surface area contributed by atoms with Gasteiger partial charge < -0.3 is 15.2 Å². The van der Waals surface area contributed by atoms with Crippen molar-refractivity contribution in [1.29, 1.82) is 0 Å². The summed E-state index contributed by atoms with van der Waals surface area (Å²) in [5, 5.41) is 5.49. The summed E-state index contributed by atoms with van der Waals surface area (Å²) in [6, 6.07) is 9.36.